The van der Waals surface area contributed by atoms with Crippen molar-refractivity contribution in [3.63, 3.8) is 0 Å². The Balaban J connectivity index is 1.97. The summed E-state index contributed by atoms with van der Waals surface area (Å²) in [5.41, 5.74) is 1.28. The van der Waals surface area contributed by atoms with Crippen LogP contribution in [0.15, 0.2) is 30.3 Å². The quantitative estimate of drug-likeness (QED) is 0.753. The molecule has 0 unspecified atom stereocenters. The standard InChI is InChI=1S/C11H14N4O/c1-16-9-11-12-13-14-15(11)8-7-10-5-3-2-4-6-10/h2-6H,7-9H2,1H3. The molecule has 0 atom stereocenters. The van der Waals surface area contributed by atoms with Crippen molar-refractivity contribution in [2.24, 2.45) is 0 Å². The molecule has 0 saturated heterocycles. The van der Waals surface area contributed by atoms with E-state index in [2.05, 4.69) is 27.7 Å². The molecule has 1 heterocycles. The molecule has 0 fully saturated rings. The summed E-state index contributed by atoms with van der Waals surface area (Å²) in [6.07, 6.45) is 0.919. The topological polar surface area (TPSA) is 52.8 Å². The van der Waals surface area contributed by atoms with Gasteiger partial charge >= 0.3 is 0 Å². The van der Waals surface area contributed by atoms with Crippen molar-refractivity contribution in [2.75, 3.05) is 7.11 Å². The summed E-state index contributed by atoms with van der Waals surface area (Å²) >= 11 is 0. The Morgan fingerprint density at radius 2 is 2.06 bits per heavy atom. The summed E-state index contributed by atoms with van der Waals surface area (Å²) in [7, 11) is 1.64. The summed E-state index contributed by atoms with van der Waals surface area (Å²) in [5, 5.41) is 11.5. The Labute approximate surface area is 94.0 Å². The third-order valence-electron chi connectivity index (χ3n) is 2.33. The molecule has 5 heteroatoms. The lowest BCUT2D eigenvalue weighted by molar-refractivity contribution is 0.173. The van der Waals surface area contributed by atoms with Crippen molar-refractivity contribution in [1.82, 2.24) is 20.2 Å². The maximum absolute atomic E-state index is 5.02. The highest BCUT2D eigenvalue weighted by atomic mass is 16.5. The number of aryl methyl sites for hydroxylation is 2. The van der Waals surface area contributed by atoms with Gasteiger partial charge in [0.05, 0.1) is 0 Å². The molecule has 2 rings (SSSR count). The van der Waals surface area contributed by atoms with Crippen LogP contribution in [0.1, 0.15) is 11.4 Å². The number of methoxy groups -OCH3 is 1. The van der Waals surface area contributed by atoms with Gasteiger partial charge in [-0.2, -0.15) is 0 Å². The minimum absolute atomic E-state index is 0.446. The van der Waals surface area contributed by atoms with Gasteiger partial charge in [0.2, 0.25) is 0 Å². The maximum atomic E-state index is 5.02. The van der Waals surface area contributed by atoms with Crippen LogP contribution >= 0.6 is 0 Å². The summed E-state index contributed by atoms with van der Waals surface area (Å²) in [6.45, 7) is 1.22. The minimum atomic E-state index is 0.446. The van der Waals surface area contributed by atoms with E-state index in [0.29, 0.717) is 6.61 Å². The molecule has 0 bridgehead atoms. The average molecular weight is 218 g/mol. The molecular weight excluding hydrogens is 204 g/mol. The molecular formula is C11H14N4O. The van der Waals surface area contributed by atoms with E-state index in [-0.39, 0.29) is 0 Å². The van der Waals surface area contributed by atoms with Crippen molar-refractivity contribution in [1.29, 1.82) is 0 Å². The molecule has 84 valence electrons. The van der Waals surface area contributed by atoms with Gasteiger partial charge in [-0.25, -0.2) is 4.68 Å². The Morgan fingerprint density at radius 3 is 2.81 bits per heavy atom. The minimum Gasteiger partial charge on any atom is -0.377 e. The molecule has 0 spiro atoms. The molecule has 2 aromatic rings. The zero-order valence-corrected chi connectivity index (χ0v) is 9.21. The number of tetrazole rings is 1. The lowest BCUT2D eigenvalue weighted by atomic mass is 10.1. The van der Waals surface area contributed by atoms with Gasteiger partial charge in [0.15, 0.2) is 5.82 Å². The van der Waals surface area contributed by atoms with Gasteiger partial charge in [0, 0.05) is 13.7 Å². The normalized spacial score (nSPS) is 10.6. The first-order valence-corrected chi connectivity index (χ1v) is 5.18. The van der Waals surface area contributed by atoms with Gasteiger partial charge < -0.3 is 4.74 Å². The molecule has 1 aromatic heterocycles. The predicted octanol–water partition coefficient (Wildman–Crippen LogP) is 1.06. The molecule has 1 aromatic carbocycles. The predicted molar refractivity (Wildman–Crippen MR) is 58.7 cm³/mol. The molecule has 0 amide bonds. The van der Waals surface area contributed by atoms with E-state index in [1.807, 2.05) is 18.2 Å². The smallest absolute Gasteiger partial charge is 0.177 e. The van der Waals surface area contributed by atoms with Crippen molar-refractivity contribution < 1.29 is 4.74 Å². The van der Waals surface area contributed by atoms with E-state index in [0.717, 1.165) is 18.8 Å². The molecule has 5 nitrogen and oxygen atoms in total. The van der Waals surface area contributed by atoms with E-state index in [9.17, 15) is 0 Å². The third-order valence-corrected chi connectivity index (χ3v) is 2.33. The Bertz CT molecular complexity index is 427. The van der Waals surface area contributed by atoms with E-state index in [1.54, 1.807) is 11.8 Å². The molecule has 16 heavy (non-hydrogen) atoms. The number of benzene rings is 1. The summed E-state index contributed by atoms with van der Waals surface area (Å²) in [6, 6.07) is 10.3. The van der Waals surface area contributed by atoms with Crippen molar-refractivity contribution in [2.45, 2.75) is 19.6 Å². The van der Waals surface area contributed by atoms with Gasteiger partial charge in [-0.1, -0.05) is 30.3 Å². The summed E-state index contributed by atoms with van der Waals surface area (Å²) in [5.74, 6) is 0.762. The monoisotopic (exact) mass is 218 g/mol. The van der Waals surface area contributed by atoms with Crippen LogP contribution in [0.3, 0.4) is 0 Å². The summed E-state index contributed by atoms with van der Waals surface area (Å²) < 4.78 is 6.79. The summed E-state index contributed by atoms with van der Waals surface area (Å²) in [4.78, 5) is 0. The number of rotatable bonds is 5. The lowest BCUT2D eigenvalue weighted by Gasteiger charge is -2.03. The molecule has 0 N–H and O–H groups in total. The van der Waals surface area contributed by atoms with E-state index in [1.165, 1.54) is 5.56 Å². The first-order valence-electron chi connectivity index (χ1n) is 5.18. The van der Waals surface area contributed by atoms with E-state index in [4.69, 9.17) is 4.74 Å². The lowest BCUT2D eigenvalue weighted by Crippen LogP contribution is -2.08. The third kappa shape index (κ3) is 2.64. The Morgan fingerprint density at radius 1 is 1.25 bits per heavy atom. The number of ether oxygens (including phenoxy) is 1. The van der Waals surface area contributed by atoms with Crippen molar-refractivity contribution in [3.05, 3.63) is 41.7 Å². The Kier molecular flexibility index (Phi) is 3.61. The molecule has 0 aliphatic heterocycles. The van der Waals surface area contributed by atoms with Gasteiger partial charge in [-0.3, -0.25) is 0 Å². The van der Waals surface area contributed by atoms with Gasteiger partial charge in [-0.05, 0) is 22.4 Å². The fourth-order valence-electron chi connectivity index (χ4n) is 1.51. The van der Waals surface area contributed by atoms with Crippen LogP contribution in [0, 0.1) is 0 Å². The highest BCUT2D eigenvalue weighted by Crippen LogP contribution is 2.02. The van der Waals surface area contributed by atoms with Gasteiger partial charge in [-0.15, -0.1) is 5.10 Å². The zero-order chi connectivity index (χ0) is 11.2. The number of nitrogens with zero attached hydrogens (tertiary/aromatic N) is 4. The highest BCUT2D eigenvalue weighted by molar-refractivity contribution is 5.14. The van der Waals surface area contributed by atoms with Crippen molar-refractivity contribution in [3.8, 4) is 0 Å². The second kappa shape index (κ2) is 5.37. The fraction of sp³-hybridized carbons (Fsp3) is 0.364. The maximum Gasteiger partial charge on any atom is 0.177 e. The largest absolute Gasteiger partial charge is 0.377 e. The number of aromatic nitrogens is 4. The zero-order valence-electron chi connectivity index (χ0n) is 9.21. The van der Waals surface area contributed by atoms with Gasteiger partial charge in [0.25, 0.3) is 0 Å². The van der Waals surface area contributed by atoms with Crippen LogP contribution < -0.4 is 0 Å². The van der Waals surface area contributed by atoms with Crippen LogP contribution in [0.25, 0.3) is 0 Å². The molecule has 0 aliphatic carbocycles. The van der Waals surface area contributed by atoms with Crippen LogP contribution in [0.4, 0.5) is 0 Å². The fourth-order valence-corrected chi connectivity index (χ4v) is 1.51. The Hall–Kier alpha value is -1.75. The molecule has 0 radical (unpaired) electrons. The van der Waals surface area contributed by atoms with Crippen LogP contribution in [0.5, 0.6) is 0 Å². The SMILES string of the molecule is COCc1nnnn1CCc1ccccc1. The first-order chi connectivity index (χ1) is 7.90. The van der Waals surface area contributed by atoms with Crippen molar-refractivity contribution >= 4 is 0 Å². The van der Waals surface area contributed by atoms with Crippen LogP contribution in [-0.2, 0) is 24.3 Å². The van der Waals surface area contributed by atoms with Crippen LogP contribution in [0.2, 0.25) is 0 Å². The van der Waals surface area contributed by atoms with Crippen LogP contribution in [-0.4, -0.2) is 27.3 Å². The number of hydrogen-bond acceptors (Lipinski definition) is 4. The second-order valence-corrected chi connectivity index (χ2v) is 3.49. The van der Waals surface area contributed by atoms with E-state index < -0.39 is 0 Å². The second-order valence-electron chi connectivity index (χ2n) is 3.49. The van der Waals surface area contributed by atoms with E-state index >= 15 is 0 Å². The highest BCUT2D eigenvalue weighted by Gasteiger charge is 2.04. The number of hydrogen-bond donors (Lipinski definition) is 0. The first kappa shape index (κ1) is 10.8. The average Bonchev–Trinajstić information content (AvgIpc) is 2.76. The van der Waals surface area contributed by atoms with Gasteiger partial charge in [0.1, 0.15) is 6.61 Å². The molecule has 0 saturated carbocycles. The molecule has 0 aliphatic rings.